The van der Waals surface area contributed by atoms with Crippen molar-refractivity contribution in [2.45, 2.75) is 13.0 Å². The maximum Gasteiger partial charge on any atom is 0.111 e. The highest BCUT2D eigenvalue weighted by atomic mass is 16.5. The number of hydrogen-bond acceptors (Lipinski definition) is 4. The van der Waals surface area contributed by atoms with E-state index in [9.17, 15) is 0 Å². The quantitative estimate of drug-likeness (QED) is 0.727. The lowest BCUT2D eigenvalue weighted by molar-refractivity contribution is 0.0667. The van der Waals surface area contributed by atoms with Crippen LogP contribution in [0.15, 0.2) is 24.3 Å². The van der Waals surface area contributed by atoms with E-state index in [0.29, 0.717) is 26.4 Å². The smallest absolute Gasteiger partial charge is 0.111 e. The molecule has 1 heterocycles. The largest absolute Gasteiger partial charge is 0.382 e. The van der Waals surface area contributed by atoms with Gasteiger partial charge in [0.25, 0.3) is 0 Å². The minimum Gasteiger partial charge on any atom is -0.382 e. The lowest BCUT2D eigenvalue weighted by Crippen LogP contribution is -2.14. The van der Waals surface area contributed by atoms with Gasteiger partial charge in [0.1, 0.15) is 5.82 Å². The lowest BCUT2D eigenvalue weighted by Gasteiger charge is -2.09. The Balaban J connectivity index is 2.08. The summed E-state index contributed by atoms with van der Waals surface area (Å²) in [5, 5.41) is 0. The van der Waals surface area contributed by atoms with Crippen LogP contribution >= 0.6 is 0 Å². The molecule has 0 saturated heterocycles. The number of para-hydroxylation sites is 2. The third-order valence-corrected chi connectivity index (χ3v) is 2.99. The number of imidazole rings is 1. The fraction of sp³-hybridized carbons (Fsp3) is 0.500. The molecule has 5 heteroatoms. The van der Waals surface area contributed by atoms with Gasteiger partial charge in [-0.15, -0.1) is 0 Å². The first-order valence-corrected chi connectivity index (χ1v) is 6.57. The first kappa shape index (κ1) is 14.0. The Labute approximate surface area is 113 Å². The van der Waals surface area contributed by atoms with E-state index in [-0.39, 0.29) is 0 Å². The molecule has 2 aromatic rings. The molecule has 0 bridgehead atoms. The molecule has 0 spiro atoms. The van der Waals surface area contributed by atoms with Crippen LogP contribution in [0, 0.1) is 0 Å². The van der Waals surface area contributed by atoms with Crippen LogP contribution in [0.4, 0.5) is 0 Å². The molecule has 1 aromatic heterocycles. The number of nitrogens with two attached hydrogens (primary N) is 1. The summed E-state index contributed by atoms with van der Waals surface area (Å²) in [5.41, 5.74) is 7.80. The number of hydrogen-bond donors (Lipinski definition) is 1. The Bertz CT molecular complexity index is 510. The van der Waals surface area contributed by atoms with Gasteiger partial charge in [-0.2, -0.15) is 0 Å². The number of nitrogens with zero attached hydrogens (tertiary/aromatic N) is 2. The maximum atomic E-state index is 5.64. The minimum atomic E-state index is 0.605. The normalized spacial score (nSPS) is 11.3. The molecular formula is C14H21N3O2. The first-order chi connectivity index (χ1) is 9.36. The van der Waals surface area contributed by atoms with Gasteiger partial charge in [0, 0.05) is 20.1 Å². The molecule has 0 aliphatic rings. The van der Waals surface area contributed by atoms with Crippen molar-refractivity contribution >= 4 is 11.0 Å². The molecule has 0 radical (unpaired) electrons. The zero-order valence-electron chi connectivity index (χ0n) is 11.3. The molecule has 2 N–H and O–H groups in total. The van der Waals surface area contributed by atoms with Gasteiger partial charge in [-0.1, -0.05) is 12.1 Å². The molecule has 0 aliphatic carbocycles. The summed E-state index contributed by atoms with van der Waals surface area (Å²) in [6.07, 6.45) is 0.784. The van der Waals surface area contributed by atoms with Crippen molar-refractivity contribution in [2.75, 3.05) is 33.5 Å². The van der Waals surface area contributed by atoms with E-state index >= 15 is 0 Å². The highest BCUT2D eigenvalue weighted by Gasteiger charge is 2.09. The summed E-state index contributed by atoms with van der Waals surface area (Å²) < 4.78 is 12.7. The predicted molar refractivity (Wildman–Crippen MR) is 75.2 cm³/mol. The van der Waals surface area contributed by atoms with E-state index in [4.69, 9.17) is 15.2 Å². The van der Waals surface area contributed by atoms with Crippen LogP contribution in [-0.2, 0) is 22.4 Å². The Morgan fingerprint density at radius 2 is 2.05 bits per heavy atom. The van der Waals surface area contributed by atoms with Crippen LogP contribution in [-0.4, -0.2) is 43.0 Å². The van der Waals surface area contributed by atoms with Gasteiger partial charge >= 0.3 is 0 Å². The zero-order chi connectivity index (χ0) is 13.5. The number of ether oxygens (including phenoxy) is 2. The lowest BCUT2D eigenvalue weighted by atomic mass is 10.3. The molecule has 0 fully saturated rings. The van der Waals surface area contributed by atoms with Gasteiger partial charge < -0.3 is 19.8 Å². The van der Waals surface area contributed by atoms with Gasteiger partial charge in [-0.25, -0.2) is 4.98 Å². The zero-order valence-corrected chi connectivity index (χ0v) is 11.3. The highest BCUT2D eigenvalue weighted by molar-refractivity contribution is 5.75. The summed E-state index contributed by atoms with van der Waals surface area (Å²) in [6, 6.07) is 8.13. The molecule has 0 saturated carbocycles. The van der Waals surface area contributed by atoms with Crippen LogP contribution in [0.5, 0.6) is 0 Å². The third kappa shape index (κ3) is 3.53. The highest BCUT2D eigenvalue weighted by Crippen LogP contribution is 2.16. The van der Waals surface area contributed by atoms with E-state index in [2.05, 4.69) is 15.6 Å². The second-order valence-corrected chi connectivity index (χ2v) is 4.31. The SMILES string of the molecule is COCCOCCn1c(CCN)nc2ccccc21. The first-order valence-electron chi connectivity index (χ1n) is 6.57. The summed E-state index contributed by atoms with van der Waals surface area (Å²) in [7, 11) is 1.67. The average Bonchev–Trinajstić information content (AvgIpc) is 2.77. The molecule has 19 heavy (non-hydrogen) atoms. The molecule has 2 rings (SSSR count). The molecule has 0 aliphatic heterocycles. The van der Waals surface area contributed by atoms with E-state index < -0.39 is 0 Å². The molecular weight excluding hydrogens is 242 g/mol. The molecule has 0 unspecified atom stereocenters. The van der Waals surface area contributed by atoms with Crippen molar-refractivity contribution in [3.63, 3.8) is 0 Å². The molecule has 1 aromatic carbocycles. The fourth-order valence-electron chi connectivity index (χ4n) is 2.10. The van der Waals surface area contributed by atoms with Crippen molar-refractivity contribution in [3.05, 3.63) is 30.1 Å². The Morgan fingerprint density at radius 3 is 2.84 bits per heavy atom. The summed E-state index contributed by atoms with van der Waals surface area (Å²) in [5.74, 6) is 1.03. The predicted octanol–water partition coefficient (Wildman–Crippen LogP) is 1.20. The molecule has 0 atom stereocenters. The van der Waals surface area contributed by atoms with Crippen molar-refractivity contribution in [1.82, 2.24) is 9.55 Å². The average molecular weight is 263 g/mol. The van der Waals surface area contributed by atoms with Gasteiger partial charge in [-0.05, 0) is 18.7 Å². The van der Waals surface area contributed by atoms with Crippen LogP contribution in [0.3, 0.4) is 0 Å². The Morgan fingerprint density at radius 1 is 1.21 bits per heavy atom. The van der Waals surface area contributed by atoms with Crippen LogP contribution < -0.4 is 5.73 Å². The van der Waals surface area contributed by atoms with Crippen molar-refractivity contribution in [2.24, 2.45) is 5.73 Å². The van der Waals surface area contributed by atoms with Gasteiger partial charge in [0.05, 0.1) is 30.9 Å². The number of benzene rings is 1. The van der Waals surface area contributed by atoms with Gasteiger partial charge in [0.2, 0.25) is 0 Å². The number of fused-ring (bicyclic) bond motifs is 1. The van der Waals surface area contributed by atoms with E-state index in [1.165, 1.54) is 0 Å². The topological polar surface area (TPSA) is 62.3 Å². The van der Waals surface area contributed by atoms with Crippen molar-refractivity contribution in [3.8, 4) is 0 Å². The van der Waals surface area contributed by atoms with Crippen LogP contribution in [0.2, 0.25) is 0 Å². The Kier molecular flexibility index (Phi) is 5.32. The summed E-state index contributed by atoms with van der Waals surface area (Å²) in [4.78, 5) is 4.62. The van der Waals surface area contributed by atoms with Crippen LogP contribution in [0.25, 0.3) is 11.0 Å². The Hall–Kier alpha value is -1.43. The number of rotatable bonds is 8. The fourth-order valence-corrected chi connectivity index (χ4v) is 2.10. The van der Waals surface area contributed by atoms with Gasteiger partial charge in [0.15, 0.2) is 0 Å². The molecule has 104 valence electrons. The van der Waals surface area contributed by atoms with E-state index in [1.54, 1.807) is 7.11 Å². The standard InChI is InChI=1S/C14H21N3O2/c1-18-10-11-19-9-8-17-13-5-3-2-4-12(13)16-14(17)6-7-15/h2-5H,6-11,15H2,1H3. The monoisotopic (exact) mass is 263 g/mol. The van der Waals surface area contributed by atoms with Crippen molar-refractivity contribution < 1.29 is 9.47 Å². The number of aromatic nitrogens is 2. The van der Waals surface area contributed by atoms with Crippen LogP contribution in [0.1, 0.15) is 5.82 Å². The minimum absolute atomic E-state index is 0.605. The van der Waals surface area contributed by atoms with Gasteiger partial charge in [-0.3, -0.25) is 0 Å². The van der Waals surface area contributed by atoms with E-state index in [1.807, 2.05) is 18.2 Å². The summed E-state index contributed by atoms with van der Waals surface area (Å²) >= 11 is 0. The van der Waals surface area contributed by atoms with E-state index in [0.717, 1.165) is 29.8 Å². The van der Waals surface area contributed by atoms with Crippen molar-refractivity contribution in [1.29, 1.82) is 0 Å². The molecule has 5 nitrogen and oxygen atoms in total. The maximum absolute atomic E-state index is 5.64. The number of methoxy groups -OCH3 is 1. The second kappa shape index (κ2) is 7.23. The second-order valence-electron chi connectivity index (χ2n) is 4.31. The third-order valence-electron chi connectivity index (χ3n) is 2.99. The summed E-state index contributed by atoms with van der Waals surface area (Å²) in [6.45, 7) is 3.30. The molecule has 0 amide bonds.